The molecule has 3 rings (SSSR count). The topological polar surface area (TPSA) is 59.6 Å². The summed E-state index contributed by atoms with van der Waals surface area (Å²) in [5, 5.41) is 4.89. The van der Waals surface area contributed by atoms with E-state index in [9.17, 15) is 4.39 Å². The Kier molecular flexibility index (Phi) is 2.16. The molecule has 0 aliphatic heterocycles. The van der Waals surface area contributed by atoms with Crippen molar-refractivity contribution in [1.82, 2.24) is 14.8 Å². The number of hydrogen-bond donors (Lipinski definition) is 2. The Morgan fingerprint density at radius 3 is 2.72 bits per heavy atom. The first-order valence-corrected chi connectivity index (χ1v) is 5.63. The minimum atomic E-state index is -0.291. The minimum absolute atomic E-state index is 0.291. The zero-order valence-corrected chi connectivity index (χ0v) is 10.2. The summed E-state index contributed by atoms with van der Waals surface area (Å²) in [6.45, 7) is 1.94. The Morgan fingerprint density at radius 2 is 2.06 bits per heavy atom. The molecule has 0 saturated heterocycles. The maximum atomic E-state index is 14.1. The summed E-state index contributed by atoms with van der Waals surface area (Å²) >= 11 is 0. The molecule has 0 fully saturated rings. The molecule has 3 N–H and O–H groups in total. The average Bonchev–Trinajstić information content (AvgIpc) is 2.82. The van der Waals surface area contributed by atoms with Gasteiger partial charge in [-0.05, 0) is 25.1 Å². The van der Waals surface area contributed by atoms with Gasteiger partial charge in [0, 0.05) is 34.8 Å². The molecule has 0 atom stereocenters. The third kappa shape index (κ3) is 1.48. The van der Waals surface area contributed by atoms with E-state index in [0.717, 1.165) is 16.6 Å². The lowest BCUT2D eigenvalue weighted by molar-refractivity contribution is 0.633. The number of nitrogens with zero attached hydrogens (tertiary/aromatic N) is 2. The summed E-state index contributed by atoms with van der Waals surface area (Å²) in [4.78, 5) is 3.19. The summed E-state index contributed by atoms with van der Waals surface area (Å²) in [5.41, 5.74) is 8.86. The van der Waals surface area contributed by atoms with Crippen molar-refractivity contribution < 1.29 is 4.39 Å². The zero-order chi connectivity index (χ0) is 12.9. The van der Waals surface area contributed by atoms with Gasteiger partial charge in [-0.3, -0.25) is 4.68 Å². The van der Waals surface area contributed by atoms with Crippen LogP contribution in [0.15, 0.2) is 24.4 Å². The van der Waals surface area contributed by atoms with E-state index in [1.54, 1.807) is 19.3 Å². The van der Waals surface area contributed by atoms with Gasteiger partial charge in [0.05, 0.1) is 6.20 Å². The smallest absolute Gasteiger partial charge is 0.131 e. The number of anilines is 1. The quantitative estimate of drug-likeness (QED) is 0.691. The minimum Gasteiger partial charge on any atom is -0.383 e. The Hall–Kier alpha value is -2.30. The van der Waals surface area contributed by atoms with E-state index in [0.29, 0.717) is 16.9 Å². The molecule has 4 nitrogen and oxygen atoms in total. The van der Waals surface area contributed by atoms with Crippen molar-refractivity contribution in [2.75, 3.05) is 5.73 Å². The van der Waals surface area contributed by atoms with E-state index >= 15 is 0 Å². The molecule has 0 unspecified atom stereocenters. The van der Waals surface area contributed by atoms with Crippen molar-refractivity contribution in [1.29, 1.82) is 0 Å². The van der Waals surface area contributed by atoms with Gasteiger partial charge in [-0.2, -0.15) is 5.10 Å². The van der Waals surface area contributed by atoms with Gasteiger partial charge in [0.15, 0.2) is 0 Å². The lowest BCUT2D eigenvalue weighted by Crippen LogP contribution is -1.98. The summed E-state index contributed by atoms with van der Waals surface area (Å²) in [6.07, 6.45) is 1.58. The zero-order valence-electron chi connectivity index (χ0n) is 10.2. The molecule has 1 aromatic carbocycles. The Balaban J connectivity index is 2.28. The van der Waals surface area contributed by atoms with Crippen molar-refractivity contribution in [3.05, 3.63) is 35.9 Å². The summed E-state index contributed by atoms with van der Waals surface area (Å²) < 4.78 is 15.6. The van der Waals surface area contributed by atoms with Crippen LogP contribution in [0, 0.1) is 12.7 Å². The molecule has 5 heteroatoms. The monoisotopic (exact) mass is 244 g/mol. The molecule has 2 aromatic heterocycles. The molecule has 0 saturated carbocycles. The third-order valence-electron chi connectivity index (χ3n) is 3.12. The molecular formula is C13H13FN4. The second kappa shape index (κ2) is 3.60. The number of benzene rings is 1. The molecule has 0 amide bonds. The van der Waals surface area contributed by atoms with Crippen LogP contribution in [0.4, 0.5) is 10.2 Å². The van der Waals surface area contributed by atoms with Gasteiger partial charge in [0.1, 0.15) is 11.6 Å². The lowest BCUT2D eigenvalue weighted by Gasteiger charge is -2.03. The number of halogens is 1. The largest absolute Gasteiger partial charge is 0.383 e. The van der Waals surface area contributed by atoms with Crippen LogP contribution < -0.4 is 5.73 Å². The number of nitrogens with two attached hydrogens (primary N) is 1. The van der Waals surface area contributed by atoms with Crippen molar-refractivity contribution in [3.63, 3.8) is 0 Å². The van der Waals surface area contributed by atoms with E-state index in [-0.39, 0.29) is 5.82 Å². The number of rotatable bonds is 1. The van der Waals surface area contributed by atoms with Gasteiger partial charge in [-0.25, -0.2) is 4.39 Å². The second-order valence-corrected chi connectivity index (χ2v) is 4.44. The fourth-order valence-electron chi connectivity index (χ4n) is 2.16. The highest BCUT2D eigenvalue weighted by Gasteiger charge is 2.13. The van der Waals surface area contributed by atoms with Crippen LogP contribution in [-0.4, -0.2) is 14.8 Å². The molecule has 92 valence electrons. The van der Waals surface area contributed by atoms with E-state index in [4.69, 9.17) is 5.73 Å². The lowest BCUT2D eigenvalue weighted by atomic mass is 10.1. The van der Waals surface area contributed by atoms with E-state index in [1.165, 1.54) is 10.7 Å². The molecule has 3 aromatic rings. The van der Waals surface area contributed by atoms with Crippen LogP contribution >= 0.6 is 0 Å². The van der Waals surface area contributed by atoms with Gasteiger partial charge in [-0.15, -0.1) is 0 Å². The number of aromatic nitrogens is 3. The van der Waals surface area contributed by atoms with E-state index < -0.39 is 0 Å². The standard InChI is InChI=1S/C13H13FN4/c1-7-3-8-4-11(14)9(5-12(8)17-7)10-6-16-18(2)13(10)15/h3-6,17H,15H2,1-2H3. The van der Waals surface area contributed by atoms with Gasteiger partial charge < -0.3 is 10.7 Å². The van der Waals surface area contributed by atoms with Gasteiger partial charge in [0.25, 0.3) is 0 Å². The number of hydrogen-bond acceptors (Lipinski definition) is 2. The van der Waals surface area contributed by atoms with Crippen molar-refractivity contribution in [3.8, 4) is 11.1 Å². The maximum Gasteiger partial charge on any atom is 0.131 e. The number of fused-ring (bicyclic) bond motifs is 1. The summed E-state index contributed by atoms with van der Waals surface area (Å²) in [7, 11) is 1.73. The second-order valence-electron chi connectivity index (χ2n) is 4.44. The predicted octanol–water partition coefficient (Wildman–Crippen LogP) is 2.60. The van der Waals surface area contributed by atoms with Crippen LogP contribution in [0.25, 0.3) is 22.0 Å². The first kappa shape index (κ1) is 10.8. The highest BCUT2D eigenvalue weighted by molar-refractivity contribution is 5.87. The third-order valence-corrected chi connectivity index (χ3v) is 3.12. The van der Waals surface area contributed by atoms with Crippen LogP contribution in [0.2, 0.25) is 0 Å². The molecule has 0 aliphatic rings. The Labute approximate surface area is 103 Å². The van der Waals surface area contributed by atoms with Crippen LogP contribution in [0.3, 0.4) is 0 Å². The van der Waals surface area contributed by atoms with Crippen molar-refractivity contribution in [2.45, 2.75) is 6.92 Å². The first-order chi connectivity index (χ1) is 8.56. The highest BCUT2D eigenvalue weighted by atomic mass is 19.1. The molecule has 0 bridgehead atoms. The summed E-state index contributed by atoms with van der Waals surface area (Å²) in [6, 6.07) is 5.19. The number of nitrogens with one attached hydrogen (secondary N) is 1. The van der Waals surface area contributed by atoms with Crippen LogP contribution in [0.5, 0.6) is 0 Å². The molecule has 0 radical (unpaired) electrons. The Bertz CT molecular complexity index is 739. The fraction of sp³-hybridized carbons (Fsp3) is 0.154. The van der Waals surface area contributed by atoms with Gasteiger partial charge in [0.2, 0.25) is 0 Å². The molecule has 2 heterocycles. The van der Waals surface area contributed by atoms with Crippen molar-refractivity contribution in [2.24, 2.45) is 7.05 Å². The Morgan fingerprint density at radius 1 is 1.28 bits per heavy atom. The molecule has 18 heavy (non-hydrogen) atoms. The normalized spacial score (nSPS) is 11.3. The fourth-order valence-corrected chi connectivity index (χ4v) is 2.16. The SMILES string of the molecule is Cc1cc2cc(F)c(-c3cnn(C)c3N)cc2[nH]1. The van der Waals surface area contributed by atoms with E-state index in [1.807, 2.05) is 13.0 Å². The van der Waals surface area contributed by atoms with E-state index in [2.05, 4.69) is 10.1 Å². The maximum absolute atomic E-state index is 14.1. The number of aryl methyl sites for hydroxylation is 2. The van der Waals surface area contributed by atoms with Crippen molar-refractivity contribution >= 4 is 16.7 Å². The van der Waals surface area contributed by atoms with Gasteiger partial charge in [-0.1, -0.05) is 0 Å². The van der Waals surface area contributed by atoms with Crippen LogP contribution in [0.1, 0.15) is 5.69 Å². The number of aromatic amines is 1. The average molecular weight is 244 g/mol. The predicted molar refractivity (Wildman–Crippen MR) is 69.6 cm³/mol. The number of nitrogen functional groups attached to an aromatic ring is 1. The number of H-pyrrole nitrogens is 1. The molecule has 0 spiro atoms. The van der Waals surface area contributed by atoms with Gasteiger partial charge >= 0.3 is 0 Å². The van der Waals surface area contributed by atoms with Crippen LogP contribution in [-0.2, 0) is 7.05 Å². The highest BCUT2D eigenvalue weighted by Crippen LogP contribution is 2.31. The first-order valence-electron chi connectivity index (χ1n) is 5.63. The summed E-state index contributed by atoms with van der Waals surface area (Å²) in [5.74, 6) is 0.165. The molecule has 0 aliphatic carbocycles. The molecular weight excluding hydrogens is 231 g/mol.